The topological polar surface area (TPSA) is 86.7 Å². The third kappa shape index (κ3) is 3.33. The van der Waals surface area contributed by atoms with E-state index in [0.29, 0.717) is 4.90 Å². The number of hydrogen-bond acceptors (Lipinski definition) is 3. The van der Waals surface area contributed by atoms with E-state index < -0.39 is 24.5 Å². The zero-order valence-corrected chi connectivity index (χ0v) is 12.7. The Hall–Kier alpha value is -2.63. The summed E-state index contributed by atoms with van der Waals surface area (Å²) in [6, 6.07) is 6.91. The average molecular weight is 302 g/mol. The number of carbonyl (C=O) groups is 3. The highest BCUT2D eigenvalue weighted by molar-refractivity contribution is 6.15. The smallest absolute Gasteiger partial charge is 0.329 e. The van der Waals surface area contributed by atoms with Crippen LogP contribution in [0.2, 0.25) is 0 Å². The van der Waals surface area contributed by atoms with E-state index in [1.165, 1.54) is 6.08 Å². The maximum Gasteiger partial charge on any atom is 0.329 e. The van der Waals surface area contributed by atoms with Crippen molar-refractivity contribution in [3.8, 4) is 0 Å². The molecule has 6 nitrogen and oxygen atoms in total. The number of hydrogen-bond donors (Lipinski definition) is 2. The fourth-order valence-electron chi connectivity index (χ4n) is 2.10. The Kier molecular flexibility index (Phi) is 4.03. The minimum absolute atomic E-state index is 0.0291. The molecule has 2 N–H and O–H groups in total. The predicted octanol–water partition coefficient (Wildman–Crippen LogP) is 1.96. The van der Waals surface area contributed by atoms with E-state index in [2.05, 4.69) is 26.1 Å². The molecule has 6 heteroatoms. The summed E-state index contributed by atoms with van der Waals surface area (Å²) < 4.78 is 0. The highest BCUT2D eigenvalue weighted by Gasteiger charge is 2.34. The first-order chi connectivity index (χ1) is 10.2. The lowest BCUT2D eigenvalue weighted by Gasteiger charge is -2.18. The van der Waals surface area contributed by atoms with Crippen molar-refractivity contribution in [1.29, 1.82) is 0 Å². The Morgan fingerprint density at radius 1 is 1.23 bits per heavy atom. The number of rotatable bonds is 3. The van der Waals surface area contributed by atoms with Crippen LogP contribution in [0.5, 0.6) is 0 Å². The molecule has 0 spiro atoms. The first-order valence-corrected chi connectivity index (χ1v) is 6.85. The number of aliphatic carboxylic acids is 1. The number of urea groups is 1. The Bertz CT molecular complexity index is 654. The van der Waals surface area contributed by atoms with Gasteiger partial charge >= 0.3 is 12.0 Å². The predicted molar refractivity (Wildman–Crippen MR) is 81.0 cm³/mol. The van der Waals surface area contributed by atoms with Crippen LogP contribution in [0.3, 0.4) is 0 Å². The van der Waals surface area contributed by atoms with Gasteiger partial charge in [0.05, 0.1) is 0 Å². The molecule has 1 aliphatic heterocycles. The van der Waals surface area contributed by atoms with Gasteiger partial charge in [0.1, 0.15) is 12.2 Å². The number of imide groups is 1. The van der Waals surface area contributed by atoms with E-state index in [9.17, 15) is 14.4 Å². The van der Waals surface area contributed by atoms with Crippen molar-refractivity contribution in [3.63, 3.8) is 0 Å². The molecule has 2 rings (SSSR count). The minimum Gasteiger partial charge on any atom is -0.480 e. The van der Waals surface area contributed by atoms with E-state index in [-0.39, 0.29) is 11.1 Å². The number of amides is 3. The molecule has 1 saturated heterocycles. The first kappa shape index (κ1) is 15.8. The second kappa shape index (κ2) is 5.63. The quantitative estimate of drug-likeness (QED) is 0.660. The normalized spacial score (nSPS) is 17.0. The highest BCUT2D eigenvalue weighted by atomic mass is 16.4. The van der Waals surface area contributed by atoms with E-state index in [0.717, 1.165) is 11.1 Å². The van der Waals surface area contributed by atoms with Crippen LogP contribution in [0.15, 0.2) is 30.0 Å². The van der Waals surface area contributed by atoms with Gasteiger partial charge in [0.2, 0.25) is 0 Å². The summed E-state index contributed by atoms with van der Waals surface area (Å²) in [6.45, 7) is 5.66. The van der Waals surface area contributed by atoms with Crippen LogP contribution in [-0.4, -0.2) is 34.5 Å². The van der Waals surface area contributed by atoms with Crippen LogP contribution in [0.25, 0.3) is 6.08 Å². The Morgan fingerprint density at radius 3 is 2.32 bits per heavy atom. The van der Waals surface area contributed by atoms with Crippen LogP contribution in [0, 0.1) is 0 Å². The Labute approximate surface area is 128 Å². The summed E-state index contributed by atoms with van der Waals surface area (Å²) in [4.78, 5) is 34.9. The standard InChI is InChI=1S/C16H18N2O4/c1-16(2,3)11-6-4-10(5-7-11)8-12-14(21)18(9-13(19)20)15(22)17-12/h4-8H,9H2,1-3H3,(H,17,22)(H,19,20)/b12-8+. The fraction of sp³-hybridized carbons (Fsp3) is 0.312. The summed E-state index contributed by atoms with van der Waals surface area (Å²) in [7, 11) is 0. The SMILES string of the molecule is CC(C)(C)c1ccc(/C=C2/NC(=O)N(CC(=O)O)C2=O)cc1. The van der Waals surface area contributed by atoms with Gasteiger partial charge in [0.15, 0.2) is 0 Å². The maximum atomic E-state index is 12.0. The molecule has 0 saturated carbocycles. The zero-order valence-electron chi connectivity index (χ0n) is 12.7. The van der Waals surface area contributed by atoms with Gasteiger partial charge in [-0.25, -0.2) is 9.69 Å². The van der Waals surface area contributed by atoms with Crippen LogP contribution in [0.1, 0.15) is 31.9 Å². The van der Waals surface area contributed by atoms with Gasteiger partial charge in [-0.05, 0) is 22.6 Å². The van der Waals surface area contributed by atoms with Crippen molar-refractivity contribution in [1.82, 2.24) is 10.2 Å². The summed E-state index contributed by atoms with van der Waals surface area (Å²) in [5.41, 5.74) is 2.02. The van der Waals surface area contributed by atoms with Crippen molar-refractivity contribution < 1.29 is 19.5 Å². The van der Waals surface area contributed by atoms with Gasteiger partial charge < -0.3 is 10.4 Å². The van der Waals surface area contributed by atoms with Gasteiger partial charge in [-0.2, -0.15) is 0 Å². The molecule has 1 aliphatic rings. The summed E-state index contributed by atoms with van der Waals surface area (Å²) >= 11 is 0. The number of carboxylic acids is 1. The fourth-order valence-corrected chi connectivity index (χ4v) is 2.10. The second-order valence-corrected chi connectivity index (χ2v) is 6.15. The molecule has 1 aromatic rings. The third-order valence-electron chi connectivity index (χ3n) is 3.34. The van der Waals surface area contributed by atoms with Gasteiger partial charge in [0.25, 0.3) is 5.91 Å². The molecule has 0 atom stereocenters. The molecule has 1 heterocycles. The van der Waals surface area contributed by atoms with Crippen molar-refractivity contribution in [2.24, 2.45) is 0 Å². The monoisotopic (exact) mass is 302 g/mol. The van der Waals surface area contributed by atoms with E-state index in [1.54, 1.807) is 0 Å². The molecule has 1 aromatic carbocycles. The second-order valence-electron chi connectivity index (χ2n) is 6.15. The maximum absolute atomic E-state index is 12.0. The Balaban J connectivity index is 2.22. The van der Waals surface area contributed by atoms with Gasteiger partial charge in [-0.15, -0.1) is 0 Å². The number of nitrogens with one attached hydrogen (secondary N) is 1. The number of carbonyl (C=O) groups excluding carboxylic acids is 2. The van der Waals surface area contributed by atoms with E-state index >= 15 is 0 Å². The van der Waals surface area contributed by atoms with E-state index in [1.807, 2.05) is 24.3 Å². The van der Waals surface area contributed by atoms with Crippen molar-refractivity contribution in [2.75, 3.05) is 6.54 Å². The summed E-state index contributed by atoms with van der Waals surface area (Å²) in [6.07, 6.45) is 1.54. The lowest BCUT2D eigenvalue weighted by molar-refractivity contribution is -0.140. The Morgan fingerprint density at radius 2 is 1.82 bits per heavy atom. The molecule has 0 radical (unpaired) electrons. The molecule has 3 amide bonds. The van der Waals surface area contributed by atoms with Crippen LogP contribution < -0.4 is 5.32 Å². The van der Waals surface area contributed by atoms with Crippen LogP contribution in [-0.2, 0) is 15.0 Å². The molecule has 116 valence electrons. The number of benzene rings is 1. The molecule has 0 aliphatic carbocycles. The summed E-state index contributed by atoms with van der Waals surface area (Å²) in [5.74, 6) is -1.87. The van der Waals surface area contributed by atoms with Crippen molar-refractivity contribution in [3.05, 3.63) is 41.1 Å². The molecule has 22 heavy (non-hydrogen) atoms. The third-order valence-corrected chi connectivity index (χ3v) is 3.34. The molecule has 0 bridgehead atoms. The number of nitrogens with zero attached hydrogens (tertiary/aromatic N) is 1. The average Bonchev–Trinajstić information content (AvgIpc) is 2.66. The largest absolute Gasteiger partial charge is 0.480 e. The molecular weight excluding hydrogens is 284 g/mol. The highest BCUT2D eigenvalue weighted by Crippen LogP contribution is 2.23. The minimum atomic E-state index is -1.24. The van der Waals surface area contributed by atoms with Crippen LogP contribution >= 0.6 is 0 Å². The first-order valence-electron chi connectivity index (χ1n) is 6.85. The molecule has 0 unspecified atom stereocenters. The molecule has 0 aromatic heterocycles. The number of carboxylic acid groups (broad SMARTS) is 1. The van der Waals surface area contributed by atoms with E-state index in [4.69, 9.17) is 5.11 Å². The van der Waals surface area contributed by atoms with Crippen molar-refractivity contribution >= 4 is 24.0 Å². The summed E-state index contributed by atoms with van der Waals surface area (Å²) in [5, 5.41) is 11.1. The zero-order chi connectivity index (χ0) is 16.5. The lowest BCUT2D eigenvalue weighted by atomic mass is 9.87. The van der Waals surface area contributed by atoms with Crippen molar-refractivity contribution in [2.45, 2.75) is 26.2 Å². The lowest BCUT2D eigenvalue weighted by Crippen LogP contribution is -2.35. The molecule has 1 fully saturated rings. The van der Waals surface area contributed by atoms with Gasteiger partial charge in [0, 0.05) is 0 Å². The van der Waals surface area contributed by atoms with Gasteiger partial charge in [-0.1, -0.05) is 45.0 Å². The van der Waals surface area contributed by atoms with Gasteiger partial charge in [-0.3, -0.25) is 9.59 Å². The molecular formula is C16H18N2O4. The van der Waals surface area contributed by atoms with Crippen LogP contribution in [0.4, 0.5) is 4.79 Å².